The lowest BCUT2D eigenvalue weighted by atomic mass is 9.71. The van der Waals surface area contributed by atoms with E-state index in [1.54, 1.807) is 59.0 Å². The van der Waals surface area contributed by atoms with Crippen molar-refractivity contribution in [2.45, 2.75) is 53.6 Å². The molecule has 0 aliphatic carbocycles. The van der Waals surface area contributed by atoms with Crippen LogP contribution in [0.4, 0.5) is 5.69 Å². The van der Waals surface area contributed by atoms with Gasteiger partial charge in [0.05, 0.1) is 36.3 Å². The lowest BCUT2D eigenvalue weighted by Crippen LogP contribution is -2.58. The Bertz CT molecular complexity index is 1110. The first-order valence-electron chi connectivity index (χ1n) is 13.2. The number of anilines is 1. The van der Waals surface area contributed by atoms with Crippen molar-refractivity contribution in [2.24, 2.45) is 17.8 Å². The number of hydrogen-bond acceptors (Lipinski definition) is 7. The summed E-state index contributed by atoms with van der Waals surface area (Å²) in [6.07, 6.45) is 4.22. The van der Waals surface area contributed by atoms with E-state index in [1.807, 2.05) is 13.8 Å². The molecular formula is C29H37BrN2O6S. The number of likely N-dealkylation sites (tertiary alicyclic amines) is 1. The first kappa shape index (κ1) is 29.7. The zero-order valence-corrected chi connectivity index (χ0v) is 25.0. The number of hydrogen-bond donors (Lipinski definition) is 1. The van der Waals surface area contributed by atoms with Crippen molar-refractivity contribution in [1.82, 2.24) is 4.90 Å². The minimum absolute atomic E-state index is 0.0524. The number of fused-ring (bicyclic) bond motifs is 1. The number of rotatable bonds is 12. The fourth-order valence-electron chi connectivity index (χ4n) is 6.43. The fourth-order valence-corrected chi connectivity index (χ4v) is 10.0. The van der Waals surface area contributed by atoms with E-state index >= 15 is 0 Å². The summed E-state index contributed by atoms with van der Waals surface area (Å²) >= 11 is 5.30. The minimum atomic E-state index is -0.875. The molecule has 0 aromatic heterocycles. The van der Waals surface area contributed by atoms with Crippen LogP contribution in [-0.2, 0) is 19.1 Å². The SMILES string of the molecule is C=CCOC(=O)[C@H]1[C@H]2C(=O)N([C@@H](CO)CC(C)C)C(C(=O)N(CC=C)c3ccc(OC)cc3)C23CC(Br)[C@@H]1S3. The summed E-state index contributed by atoms with van der Waals surface area (Å²) < 4.78 is 9.90. The highest BCUT2D eigenvalue weighted by Gasteiger charge is 2.76. The summed E-state index contributed by atoms with van der Waals surface area (Å²) in [5, 5.41) is 10.3. The second-order valence-electron chi connectivity index (χ2n) is 10.7. The van der Waals surface area contributed by atoms with Gasteiger partial charge in [-0.05, 0) is 43.0 Å². The molecule has 7 atom stereocenters. The van der Waals surface area contributed by atoms with Gasteiger partial charge in [-0.2, -0.15) is 0 Å². The number of aliphatic hydroxyl groups excluding tert-OH is 1. The van der Waals surface area contributed by atoms with Crippen molar-refractivity contribution in [3.8, 4) is 5.75 Å². The Morgan fingerprint density at radius 3 is 2.54 bits per heavy atom. The van der Waals surface area contributed by atoms with Crippen LogP contribution >= 0.6 is 27.7 Å². The molecule has 3 heterocycles. The van der Waals surface area contributed by atoms with Gasteiger partial charge >= 0.3 is 5.97 Å². The summed E-state index contributed by atoms with van der Waals surface area (Å²) in [6.45, 7) is 11.5. The fraction of sp³-hybridized carbons (Fsp3) is 0.552. The lowest BCUT2D eigenvalue weighted by molar-refractivity contribution is -0.153. The van der Waals surface area contributed by atoms with Gasteiger partial charge in [-0.1, -0.05) is 48.5 Å². The summed E-state index contributed by atoms with van der Waals surface area (Å²) in [4.78, 5) is 45.4. The molecule has 3 aliphatic heterocycles. The number of nitrogens with zero attached hydrogens (tertiary/aromatic N) is 2. The zero-order valence-electron chi connectivity index (χ0n) is 22.6. The second-order valence-corrected chi connectivity index (χ2v) is 13.4. The van der Waals surface area contributed by atoms with Gasteiger partial charge in [0.2, 0.25) is 5.91 Å². The van der Waals surface area contributed by atoms with E-state index in [0.717, 1.165) is 0 Å². The second kappa shape index (κ2) is 12.1. The van der Waals surface area contributed by atoms with Gasteiger partial charge in [0.25, 0.3) is 5.91 Å². The van der Waals surface area contributed by atoms with E-state index < -0.39 is 34.6 Å². The molecule has 3 unspecified atom stereocenters. The average molecular weight is 622 g/mol. The minimum Gasteiger partial charge on any atom is -0.497 e. The Balaban J connectivity index is 1.82. The van der Waals surface area contributed by atoms with Crippen molar-refractivity contribution in [1.29, 1.82) is 0 Å². The van der Waals surface area contributed by atoms with Gasteiger partial charge in [-0.15, -0.1) is 18.3 Å². The van der Waals surface area contributed by atoms with Crippen molar-refractivity contribution in [3.05, 3.63) is 49.6 Å². The van der Waals surface area contributed by atoms with Crippen molar-refractivity contribution < 1.29 is 29.0 Å². The Labute approximate surface area is 242 Å². The molecule has 1 N–H and O–H groups in total. The molecule has 3 aliphatic rings. The highest BCUT2D eigenvalue weighted by molar-refractivity contribution is 9.09. The molecular weight excluding hydrogens is 584 g/mol. The van der Waals surface area contributed by atoms with Crippen LogP contribution in [0.25, 0.3) is 0 Å². The Kier molecular flexibility index (Phi) is 9.18. The maximum atomic E-state index is 14.6. The zero-order chi connectivity index (χ0) is 28.5. The van der Waals surface area contributed by atoms with Crippen LogP contribution < -0.4 is 9.64 Å². The largest absolute Gasteiger partial charge is 0.497 e. The van der Waals surface area contributed by atoms with Gasteiger partial charge in [-0.3, -0.25) is 14.4 Å². The molecule has 3 fully saturated rings. The smallest absolute Gasteiger partial charge is 0.311 e. The predicted octanol–water partition coefficient (Wildman–Crippen LogP) is 3.82. The van der Waals surface area contributed by atoms with E-state index in [4.69, 9.17) is 9.47 Å². The number of methoxy groups -OCH3 is 1. The Morgan fingerprint density at radius 1 is 1.28 bits per heavy atom. The van der Waals surface area contributed by atoms with Crippen molar-refractivity contribution in [2.75, 3.05) is 31.8 Å². The first-order valence-corrected chi connectivity index (χ1v) is 15.0. The number of carbonyl (C=O) groups is 3. The highest BCUT2D eigenvalue weighted by Crippen LogP contribution is 2.68. The average Bonchev–Trinajstić information content (AvgIpc) is 3.52. The van der Waals surface area contributed by atoms with E-state index in [0.29, 0.717) is 24.3 Å². The van der Waals surface area contributed by atoms with Gasteiger partial charge in [-0.25, -0.2) is 0 Å². The molecule has 10 heteroatoms. The first-order chi connectivity index (χ1) is 18.6. The van der Waals surface area contributed by atoms with Crippen LogP contribution in [0.2, 0.25) is 0 Å². The molecule has 1 aromatic carbocycles. The third-order valence-electron chi connectivity index (χ3n) is 7.89. The lowest BCUT2D eigenvalue weighted by Gasteiger charge is -2.40. The number of carbonyl (C=O) groups excluding carboxylic acids is 3. The van der Waals surface area contributed by atoms with Crippen LogP contribution in [0.5, 0.6) is 5.75 Å². The van der Waals surface area contributed by atoms with Crippen LogP contribution in [-0.4, -0.2) is 81.6 Å². The molecule has 0 radical (unpaired) electrons. The maximum Gasteiger partial charge on any atom is 0.311 e. The monoisotopic (exact) mass is 620 g/mol. The number of aliphatic hydroxyl groups is 1. The van der Waals surface area contributed by atoms with Crippen LogP contribution in [0.15, 0.2) is 49.6 Å². The summed E-state index contributed by atoms with van der Waals surface area (Å²) in [5.74, 6) is -1.57. The molecule has 1 spiro atoms. The number of alkyl halides is 1. The topological polar surface area (TPSA) is 96.4 Å². The third-order valence-corrected chi connectivity index (χ3v) is 11.1. The standard InChI is InChI=1S/C29H37BrN2O6S/c1-6-12-31(18-8-10-20(37-5)11-9-18)27(35)25-29-15-21(30)24(39-29)22(28(36)38-13-7-2)23(29)26(34)32(25)19(16-33)14-17(3)4/h6-11,17,19,21-25,33H,1-2,12-16H2,3-5H3/t19-,21?,22+,23+,24+,25?,29?/m1/s1. The number of amides is 2. The van der Waals surface area contributed by atoms with Crippen LogP contribution in [0.3, 0.4) is 0 Å². The Morgan fingerprint density at radius 2 is 1.97 bits per heavy atom. The Hall–Kier alpha value is -2.30. The molecule has 8 nitrogen and oxygen atoms in total. The van der Waals surface area contributed by atoms with Crippen LogP contribution in [0.1, 0.15) is 26.7 Å². The molecule has 212 valence electrons. The number of ether oxygens (including phenoxy) is 2. The normalized spacial score (nSPS) is 29.7. The van der Waals surface area contributed by atoms with E-state index in [9.17, 15) is 19.5 Å². The maximum absolute atomic E-state index is 14.6. The van der Waals surface area contributed by atoms with Crippen LogP contribution in [0, 0.1) is 17.8 Å². The number of halogens is 1. The van der Waals surface area contributed by atoms with Crippen molar-refractivity contribution >= 4 is 51.2 Å². The summed E-state index contributed by atoms with van der Waals surface area (Å²) in [7, 11) is 1.58. The van der Waals surface area contributed by atoms with Gasteiger partial charge in [0.1, 0.15) is 18.4 Å². The van der Waals surface area contributed by atoms with E-state index in [-0.39, 0.29) is 47.6 Å². The molecule has 39 heavy (non-hydrogen) atoms. The third kappa shape index (κ3) is 5.15. The summed E-state index contributed by atoms with van der Waals surface area (Å²) in [6, 6.07) is 5.73. The van der Waals surface area contributed by atoms with Gasteiger partial charge in [0.15, 0.2) is 0 Å². The number of esters is 1. The predicted molar refractivity (Wildman–Crippen MR) is 156 cm³/mol. The number of benzene rings is 1. The van der Waals surface area contributed by atoms with E-state index in [1.165, 1.54) is 6.08 Å². The number of thioether (sulfide) groups is 1. The molecule has 2 amide bonds. The summed E-state index contributed by atoms with van der Waals surface area (Å²) in [5.41, 5.74) is 0.646. The van der Waals surface area contributed by atoms with Crippen molar-refractivity contribution in [3.63, 3.8) is 0 Å². The van der Waals surface area contributed by atoms with Gasteiger partial charge < -0.3 is 24.4 Å². The molecule has 3 saturated heterocycles. The molecule has 4 rings (SSSR count). The molecule has 2 bridgehead atoms. The van der Waals surface area contributed by atoms with E-state index in [2.05, 4.69) is 29.1 Å². The molecule has 1 aromatic rings. The quantitative estimate of drug-likeness (QED) is 0.216. The highest BCUT2D eigenvalue weighted by atomic mass is 79.9. The van der Waals surface area contributed by atoms with Gasteiger partial charge in [0, 0.05) is 22.3 Å². The molecule has 0 saturated carbocycles.